The largest absolute Gasteiger partial charge is 0.496 e. The number of amides is 1. The molecule has 0 bridgehead atoms. The van der Waals surface area contributed by atoms with E-state index in [4.69, 9.17) is 18.9 Å². The van der Waals surface area contributed by atoms with Crippen LogP contribution in [-0.4, -0.2) is 44.8 Å². The van der Waals surface area contributed by atoms with Gasteiger partial charge in [0.25, 0.3) is 5.91 Å². The van der Waals surface area contributed by atoms with E-state index in [1.54, 1.807) is 24.3 Å². The number of H-pyrrole nitrogens is 1. The quantitative estimate of drug-likeness (QED) is 0.537. The van der Waals surface area contributed by atoms with E-state index in [1.165, 1.54) is 21.3 Å². The summed E-state index contributed by atoms with van der Waals surface area (Å²) < 4.78 is 21.1. The molecule has 1 heterocycles. The smallest absolute Gasteiger partial charge is 0.338 e. The molecule has 0 radical (unpaired) electrons. The van der Waals surface area contributed by atoms with Crippen LogP contribution in [0.4, 0.5) is 0 Å². The molecule has 3 aromatic rings. The van der Waals surface area contributed by atoms with Crippen molar-refractivity contribution in [1.29, 1.82) is 0 Å². The molecule has 0 saturated heterocycles. The van der Waals surface area contributed by atoms with Crippen molar-refractivity contribution in [2.45, 2.75) is 20.4 Å². The first-order valence-corrected chi connectivity index (χ1v) is 9.69. The summed E-state index contributed by atoms with van der Waals surface area (Å²) in [7, 11) is 4.59. The van der Waals surface area contributed by atoms with Gasteiger partial charge in [0, 0.05) is 34.8 Å². The van der Waals surface area contributed by atoms with Gasteiger partial charge in [-0.15, -0.1) is 0 Å². The van der Waals surface area contributed by atoms with Crippen LogP contribution in [0.5, 0.6) is 17.2 Å². The van der Waals surface area contributed by atoms with Gasteiger partial charge in [-0.2, -0.15) is 0 Å². The number of hydrogen-bond donors (Lipinski definition) is 2. The van der Waals surface area contributed by atoms with Crippen LogP contribution in [0.1, 0.15) is 27.2 Å². The molecular formula is C23H26N2O6. The summed E-state index contributed by atoms with van der Waals surface area (Å²) in [5.74, 6) is 0.595. The van der Waals surface area contributed by atoms with Crippen LogP contribution >= 0.6 is 0 Å². The number of nitrogens with one attached hydrogen (secondary N) is 2. The topological polar surface area (TPSA) is 98.9 Å². The number of aryl methyl sites for hydroxylation is 2. The first kappa shape index (κ1) is 22.0. The number of methoxy groups -OCH3 is 3. The number of aromatic nitrogens is 1. The highest BCUT2D eigenvalue weighted by atomic mass is 16.5. The van der Waals surface area contributed by atoms with Crippen molar-refractivity contribution in [2.75, 3.05) is 27.9 Å². The number of ether oxygens (including phenoxy) is 4. The van der Waals surface area contributed by atoms with E-state index < -0.39 is 18.5 Å². The number of rotatable bonds is 8. The fourth-order valence-corrected chi connectivity index (χ4v) is 3.28. The average Bonchev–Trinajstić information content (AvgIpc) is 3.08. The summed E-state index contributed by atoms with van der Waals surface area (Å²) in [5, 5.41) is 3.67. The predicted octanol–water partition coefficient (Wildman–Crippen LogP) is 3.28. The molecule has 2 N–H and O–H groups in total. The number of benzene rings is 2. The fraction of sp³-hybridized carbons (Fsp3) is 0.304. The van der Waals surface area contributed by atoms with Gasteiger partial charge in [0.05, 0.1) is 26.9 Å². The molecule has 8 heteroatoms. The third-order valence-electron chi connectivity index (χ3n) is 5.14. The second kappa shape index (κ2) is 9.42. The number of carbonyl (C=O) groups excluding carboxylic acids is 2. The van der Waals surface area contributed by atoms with E-state index in [0.717, 1.165) is 22.2 Å². The van der Waals surface area contributed by atoms with Crippen LogP contribution in [0.25, 0.3) is 10.9 Å². The van der Waals surface area contributed by atoms with Crippen LogP contribution in [0.3, 0.4) is 0 Å². The summed E-state index contributed by atoms with van der Waals surface area (Å²) >= 11 is 0. The molecule has 3 rings (SSSR count). The fourth-order valence-electron chi connectivity index (χ4n) is 3.28. The number of esters is 1. The number of fused-ring (bicyclic) bond motifs is 1. The molecule has 0 atom stereocenters. The van der Waals surface area contributed by atoms with Crippen LogP contribution < -0.4 is 19.5 Å². The Labute approximate surface area is 180 Å². The standard InChI is InChI=1S/C23H26N2O6/c1-13-14(2)25-18-7-6-15(8-17(13)18)23(27)31-12-22(26)24-11-16-9-20(29-4)21(30-5)10-19(16)28-3/h6-10,25H,11-12H2,1-5H3,(H,24,26). The maximum Gasteiger partial charge on any atom is 0.338 e. The first-order chi connectivity index (χ1) is 14.9. The van der Waals surface area contributed by atoms with Gasteiger partial charge in [0.1, 0.15) is 5.75 Å². The summed E-state index contributed by atoms with van der Waals surface area (Å²) in [6, 6.07) is 8.67. The molecular weight excluding hydrogens is 400 g/mol. The van der Waals surface area contributed by atoms with E-state index in [2.05, 4.69) is 10.3 Å². The van der Waals surface area contributed by atoms with Gasteiger partial charge >= 0.3 is 5.97 Å². The molecule has 31 heavy (non-hydrogen) atoms. The molecule has 1 amide bonds. The van der Waals surface area contributed by atoms with Crippen LogP contribution in [0, 0.1) is 13.8 Å². The maximum absolute atomic E-state index is 12.4. The highest BCUT2D eigenvalue weighted by Crippen LogP contribution is 2.34. The van der Waals surface area contributed by atoms with Gasteiger partial charge < -0.3 is 29.2 Å². The lowest BCUT2D eigenvalue weighted by Crippen LogP contribution is -2.28. The Morgan fingerprint density at radius 1 is 0.935 bits per heavy atom. The number of carbonyl (C=O) groups is 2. The maximum atomic E-state index is 12.4. The molecule has 0 unspecified atom stereocenters. The van der Waals surface area contributed by atoms with Crippen molar-refractivity contribution >= 4 is 22.8 Å². The van der Waals surface area contributed by atoms with Crippen LogP contribution in [-0.2, 0) is 16.1 Å². The SMILES string of the molecule is COc1cc(OC)c(OC)cc1CNC(=O)COC(=O)c1ccc2[nH]c(C)c(C)c2c1. The lowest BCUT2D eigenvalue weighted by atomic mass is 10.1. The van der Waals surface area contributed by atoms with Gasteiger partial charge in [-0.3, -0.25) is 4.79 Å². The lowest BCUT2D eigenvalue weighted by Gasteiger charge is -2.14. The third kappa shape index (κ3) is 4.74. The Morgan fingerprint density at radius 2 is 1.61 bits per heavy atom. The highest BCUT2D eigenvalue weighted by molar-refractivity contribution is 5.96. The Kier molecular flexibility index (Phi) is 6.69. The molecule has 0 aliphatic heterocycles. The molecule has 164 valence electrons. The molecule has 0 aliphatic carbocycles. The Hall–Kier alpha value is -3.68. The third-order valence-corrected chi connectivity index (χ3v) is 5.14. The molecule has 0 fully saturated rings. The zero-order valence-electron chi connectivity index (χ0n) is 18.3. The van der Waals surface area contributed by atoms with E-state index in [1.807, 2.05) is 19.9 Å². The number of aromatic amines is 1. The van der Waals surface area contributed by atoms with Crippen molar-refractivity contribution in [2.24, 2.45) is 0 Å². The first-order valence-electron chi connectivity index (χ1n) is 9.69. The van der Waals surface area contributed by atoms with Crippen molar-refractivity contribution in [1.82, 2.24) is 10.3 Å². The van der Waals surface area contributed by atoms with E-state index in [-0.39, 0.29) is 6.54 Å². The van der Waals surface area contributed by atoms with Crippen molar-refractivity contribution in [3.8, 4) is 17.2 Å². The van der Waals surface area contributed by atoms with Gasteiger partial charge in [-0.05, 0) is 43.7 Å². The second-order valence-electron chi connectivity index (χ2n) is 7.01. The molecule has 0 spiro atoms. The summed E-state index contributed by atoms with van der Waals surface area (Å²) in [5.41, 5.74) is 4.16. The van der Waals surface area contributed by atoms with Gasteiger partial charge in [0.15, 0.2) is 18.1 Å². The molecule has 1 aromatic heterocycles. The van der Waals surface area contributed by atoms with Crippen LogP contribution in [0.2, 0.25) is 0 Å². The van der Waals surface area contributed by atoms with Crippen LogP contribution in [0.15, 0.2) is 30.3 Å². The summed E-state index contributed by atoms with van der Waals surface area (Å²) in [4.78, 5) is 27.8. The predicted molar refractivity (Wildman–Crippen MR) is 116 cm³/mol. The lowest BCUT2D eigenvalue weighted by molar-refractivity contribution is -0.124. The highest BCUT2D eigenvalue weighted by Gasteiger charge is 2.15. The zero-order valence-corrected chi connectivity index (χ0v) is 18.3. The van der Waals surface area contributed by atoms with Crippen molar-refractivity contribution < 1.29 is 28.5 Å². The minimum atomic E-state index is -0.556. The summed E-state index contributed by atoms with van der Waals surface area (Å²) in [6.45, 7) is 3.75. The average molecular weight is 426 g/mol. The van der Waals surface area contributed by atoms with Gasteiger partial charge in [-0.25, -0.2) is 4.79 Å². The van der Waals surface area contributed by atoms with Crippen molar-refractivity contribution in [3.05, 3.63) is 52.7 Å². The zero-order chi connectivity index (χ0) is 22.5. The number of hydrogen-bond acceptors (Lipinski definition) is 6. The Bertz CT molecular complexity index is 1120. The minimum Gasteiger partial charge on any atom is -0.496 e. The minimum absolute atomic E-state index is 0.174. The molecule has 8 nitrogen and oxygen atoms in total. The normalized spacial score (nSPS) is 10.6. The Morgan fingerprint density at radius 3 is 2.29 bits per heavy atom. The molecule has 2 aromatic carbocycles. The summed E-state index contributed by atoms with van der Waals surface area (Å²) in [6.07, 6.45) is 0. The Balaban J connectivity index is 1.60. The molecule has 0 saturated carbocycles. The van der Waals surface area contributed by atoms with E-state index in [9.17, 15) is 9.59 Å². The molecule has 0 aliphatic rings. The monoisotopic (exact) mass is 426 g/mol. The van der Waals surface area contributed by atoms with E-state index in [0.29, 0.717) is 28.4 Å². The van der Waals surface area contributed by atoms with Gasteiger partial charge in [0.2, 0.25) is 0 Å². The van der Waals surface area contributed by atoms with Crippen molar-refractivity contribution in [3.63, 3.8) is 0 Å². The van der Waals surface area contributed by atoms with E-state index >= 15 is 0 Å². The van der Waals surface area contributed by atoms with Gasteiger partial charge in [-0.1, -0.05) is 0 Å². The second-order valence-corrected chi connectivity index (χ2v) is 7.01.